The monoisotopic (exact) mass is 99.0 g/mol. The second kappa shape index (κ2) is 1.75. The van der Waals surface area contributed by atoms with Gasteiger partial charge in [0.05, 0.1) is 6.61 Å². The Morgan fingerprint density at radius 2 is 2.71 bits per heavy atom. The van der Waals surface area contributed by atoms with Gasteiger partial charge in [0, 0.05) is 6.20 Å². The molecule has 0 aromatic heterocycles. The number of carbonyl (C=O) groups is 1. The zero-order valence-electron chi connectivity index (χ0n) is 3.70. The van der Waals surface area contributed by atoms with Crippen LogP contribution in [0.1, 0.15) is 0 Å². The Balaban J connectivity index is 2.42. The SMILES string of the molecule is O=CN1C=CCO1. The van der Waals surface area contributed by atoms with Gasteiger partial charge < -0.3 is 0 Å². The van der Waals surface area contributed by atoms with E-state index in [9.17, 15) is 4.79 Å². The van der Waals surface area contributed by atoms with E-state index in [4.69, 9.17) is 0 Å². The highest BCUT2D eigenvalue weighted by molar-refractivity contribution is 5.47. The van der Waals surface area contributed by atoms with E-state index < -0.39 is 0 Å². The van der Waals surface area contributed by atoms with Crippen molar-refractivity contribution in [1.29, 1.82) is 0 Å². The number of rotatable bonds is 1. The van der Waals surface area contributed by atoms with Gasteiger partial charge in [-0.3, -0.25) is 9.63 Å². The van der Waals surface area contributed by atoms with Crippen molar-refractivity contribution in [2.75, 3.05) is 6.61 Å². The van der Waals surface area contributed by atoms with Gasteiger partial charge in [0.25, 0.3) is 0 Å². The van der Waals surface area contributed by atoms with Crippen molar-refractivity contribution in [3.05, 3.63) is 12.3 Å². The molecule has 0 radical (unpaired) electrons. The lowest BCUT2D eigenvalue weighted by atomic mass is 10.7. The first kappa shape index (κ1) is 4.33. The van der Waals surface area contributed by atoms with Crippen molar-refractivity contribution in [2.24, 2.45) is 0 Å². The third-order valence-corrected chi connectivity index (χ3v) is 0.676. The summed E-state index contributed by atoms with van der Waals surface area (Å²) < 4.78 is 0. The molecule has 0 bridgehead atoms. The van der Waals surface area contributed by atoms with Crippen LogP contribution in [-0.2, 0) is 9.63 Å². The predicted molar refractivity (Wildman–Crippen MR) is 23.0 cm³/mol. The van der Waals surface area contributed by atoms with Crippen molar-refractivity contribution in [3.63, 3.8) is 0 Å². The molecule has 1 heterocycles. The highest BCUT2D eigenvalue weighted by Gasteiger charge is 1.98. The average molecular weight is 99.1 g/mol. The van der Waals surface area contributed by atoms with Gasteiger partial charge in [-0.1, -0.05) is 0 Å². The van der Waals surface area contributed by atoms with E-state index in [0.717, 1.165) is 5.06 Å². The van der Waals surface area contributed by atoms with Crippen LogP contribution >= 0.6 is 0 Å². The molecule has 1 aliphatic rings. The number of nitrogens with zero attached hydrogens (tertiary/aromatic N) is 1. The van der Waals surface area contributed by atoms with Gasteiger partial charge in [-0.25, -0.2) is 0 Å². The average Bonchev–Trinajstić information content (AvgIpc) is 2.14. The van der Waals surface area contributed by atoms with Gasteiger partial charge in [0.1, 0.15) is 0 Å². The molecule has 0 saturated carbocycles. The van der Waals surface area contributed by atoms with E-state index in [2.05, 4.69) is 4.84 Å². The van der Waals surface area contributed by atoms with Crippen LogP contribution in [0.5, 0.6) is 0 Å². The second-order valence-corrected chi connectivity index (χ2v) is 1.15. The van der Waals surface area contributed by atoms with Crippen molar-refractivity contribution in [2.45, 2.75) is 0 Å². The Morgan fingerprint density at radius 1 is 1.86 bits per heavy atom. The molecule has 1 amide bonds. The lowest BCUT2D eigenvalue weighted by Gasteiger charge is -2.00. The molecule has 0 unspecified atom stereocenters. The summed E-state index contributed by atoms with van der Waals surface area (Å²) in [5.74, 6) is 0. The summed E-state index contributed by atoms with van der Waals surface area (Å²) in [4.78, 5) is 14.4. The summed E-state index contributed by atoms with van der Waals surface area (Å²) in [6.07, 6.45) is 3.95. The van der Waals surface area contributed by atoms with Gasteiger partial charge in [-0.15, -0.1) is 0 Å². The normalized spacial score (nSPS) is 18.0. The van der Waals surface area contributed by atoms with Gasteiger partial charge in [-0.2, -0.15) is 5.06 Å². The van der Waals surface area contributed by atoms with Crippen LogP contribution in [0.25, 0.3) is 0 Å². The third-order valence-electron chi connectivity index (χ3n) is 0.676. The second-order valence-electron chi connectivity index (χ2n) is 1.15. The van der Waals surface area contributed by atoms with Gasteiger partial charge in [-0.05, 0) is 6.08 Å². The van der Waals surface area contributed by atoms with E-state index in [0.29, 0.717) is 13.0 Å². The molecule has 1 aliphatic heterocycles. The van der Waals surface area contributed by atoms with Crippen LogP contribution in [0.3, 0.4) is 0 Å². The van der Waals surface area contributed by atoms with Crippen molar-refractivity contribution >= 4 is 6.41 Å². The molecule has 3 nitrogen and oxygen atoms in total. The van der Waals surface area contributed by atoms with Crippen LogP contribution in [0.4, 0.5) is 0 Å². The molecule has 0 fully saturated rings. The van der Waals surface area contributed by atoms with Crippen LogP contribution in [0, 0.1) is 0 Å². The molecule has 0 atom stereocenters. The molecular weight excluding hydrogens is 94.0 g/mol. The summed E-state index contributed by atoms with van der Waals surface area (Å²) in [7, 11) is 0. The molecule has 7 heavy (non-hydrogen) atoms. The molecule has 3 heteroatoms. The van der Waals surface area contributed by atoms with Gasteiger partial charge in [0.15, 0.2) is 0 Å². The molecule has 0 saturated heterocycles. The summed E-state index contributed by atoms with van der Waals surface area (Å²) >= 11 is 0. The highest BCUT2D eigenvalue weighted by Crippen LogP contribution is 1.94. The first-order valence-electron chi connectivity index (χ1n) is 1.96. The van der Waals surface area contributed by atoms with E-state index in [1.54, 1.807) is 12.3 Å². The summed E-state index contributed by atoms with van der Waals surface area (Å²) in [5, 5.41) is 1.12. The van der Waals surface area contributed by atoms with Crippen molar-refractivity contribution < 1.29 is 9.63 Å². The van der Waals surface area contributed by atoms with E-state index in [-0.39, 0.29) is 0 Å². The molecule has 0 aliphatic carbocycles. The van der Waals surface area contributed by atoms with E-state index >= 15 is 0 Å². The van der Waals surface area contributed by atoms with Gasteiger partial charge in [0.2, 0.25) is 6.41 Å². The van der Waals surface area contributed by atoms with Crippen LogP contribution in [0.15, 0.2) is 12.3 Å². The van der Waals surface area contributed by atoms with Crippen LogP contribution < -0.4 is 0 Å². The smallest absolute Gasteiger partial charge is 0.237 e. The molecule has 0 spiro atoms. The van der Waals surface area contributed by atoms with E-state index in [1.807, 2.05) is 0 Å². The Morgan fingerprint density at radius 3 is 3.00 bits per heavy atom. The summed E-state index contributed by atoms with van der Waals surface area (Å²) in [5.41, 5.74) is 0. The first-order valence-corrected chi connectivity index (χ1v) is 1.96. The van der Waals surface area contributed by atoms with Crippen LogP contribution in [-0.4, -0.2) is 18.1 Å². The minimum Gasteiger partial charge on any atom is -0.276 e. The molecule has 0 aromatic rings. The number of hydrogen-bond donors (Lipinski definition) is 0. The predicted octanol–water partition coefficient (Wildman–Crippen LogP) is -0.0963. The van der Waals surface area contributed by atoms with E-state index in [1.165, 1.54) is 0 Å². The Labute approximate surface area is 41.1 Å². The van der Waals surface area contributed by atoms with Gasteiger partial charge >= 0.3 is 0 Å². The zero-order chi connectivity index (χ0) is 5.11. The Bertz CT molecular complexity index is 99.9. The number of hydroxylamine groups is 2. The highest BCUT2D eigenvalue weighted by atomic mass is 16.7. The quantitative estimate of drug-likeness (QED) is 0.430. The fraction of sp³-hybridized carbons (Fsp3) is 0.250. The largest absolute Gasteiger partial charge is 0.276 e. The van der Waals surface area contributed by atoms with Crippen molar-refractivity contribution in [1.82, 2.24) is 5.06 Å². The number of carbonyl (C=O) groups excluding carboxylic acids is 1. The van der Waals surface area contributed by atoms with Crippen LogP contribution in [0.2, 0.25) is 0 Å². The zero-order valence-corrected chi connectivity index (χ0v) is 3.70. The first-order chi connectivity index (χ1) is 3.43. The maximum Gasteiger partial charge on any atom is 0.237 e. The molecule has 1 rings (SSSR count). The minimum absolute atomic E-state index is 0.513. The Hall–Kier alpha value is -0.830. The molecular formula is C4H5NO2. The third kappa shape index (κ3) is 0.778. The summed E-state index contributed by atoms with van der Waals surface area (Å²) in [6.45, 7) is 0.513. The Kier molecular flexibility index (Phi) is 1.08. The number of hydrogen-bond acceptors (Lipinski definition) is 2. The summed E-state index contributed by atoms with van der Waals surface area (Å²) in [6, 6.07) is 0. The van der Waals surface area contributed by atoms with Crippen molar-refractivity contribution in [3.8, 4) is 0 Å². The fourth-order valence-electron chi connectivity index (χ4n) is 0.385. The minimum atomic E-state index is 0.513. The number of amides is 1. The lowest BCUT2D eigenvalue weighted by molar-refractivity contribution is -0.147. The topological polar surface area (TPSA) is 29.5 Å². The lowest BCUT2D eigenvalue weighted by Crippen LogP contribution is -2.08. The maximum absolute atomic E-state index is 9.76. The molecule has 38 valence electrons. The molecule has 0 N–H and O–H groups in total. The molecule has 0 aromatic carbocycles. The fourth-order valence-corrected chi connectivity index (χ4v) is 0.385. The standard InChI is InChI=1S/C4H5NO2/c6-4-5-2-1-3-7-5/h1-2,4H,3H2. The maximum atomic E-state index is 9.76.